The molecule has 0 bridgehead atoms. The molecule has 2 heterocycles. The number of likely N-dealkylation sites (tertiary alicyclic amines) is 1. The van der Waals surface area contributed by atoms with Crippen LogP contribution in [0.25, 0.3) is 11.1 Å². The fraction of sp³-hybridized carbons (Fsp3) is 0.364. The highest BCUT2D eigenvalue weighted by atomic mass is 35.5. The van der Waals surface area contributed by atoms with Crippen LogP contribution in [0.2, 0.25) is 5.02 Å². The Morgan fingerprint density at radius 2 is 2.07 bits per heavy atom. The third-order valence-electron chi connectivity index (χ3n) is 5.34. The summed E-state index contributed by atoms with van der Waals surface area (Å²) in [5, 5.41) is 3.45. The van der Waals surface area contributed by atoms with Crippen molar-refractivity contribution in [3.8, 4) is 5.75 Å². The van der Waals surface area contributed by atoms with Gasteiger partial charge >= 0.3 is 0 Å². The molecular formula is C22H24ClN3O3. The first kappa shape index (κ1) is 19.7. The van der Waals surface area contributed by atoms with Crippen molar-refractivity contribution in [1.29, 1.82) is 0 Å². The summed E-state index contributed by atoms with van der Waals surface area (Å²) in [6.07, 6.45) is 2.39. The number of rotatable bonds is 6. The Labute approximate surface area is 174 Å². The molecule has 4 rings (SSSR count). The van der Waals surface area contributed by atoms with Crippen molar-refractivity contribution in [3.63, 3.8) is 0 Å². The van der Waals surface area contributed by atoms with E-state index in [2.05, 4.69) is 15.2 Å². The summed E-state index contributed by atoms with van der Waals surface area (Å²) in [5.41, 5.74) is 2.36. The number of amides is 1. The maximum atomic E-state index is 12.4. The van der Waals surface area contributed by atoms with Crippen LogP contribution >= 0.6 is 11.6 Å². The van der Waals surface area contributed by atoms with Crippen molar-refractivity contribution >= 4 is 34.3 Å². The first-order valence-electron chi connectivity index (χ1n) is 9.83. The minimum Gasteiger partial charge on any atom is -0.495 e. The molecule has 1 saturated heterocycles. The summed E-state index contributed by atoms with van der Waals surface area (Å²) >= 11 is 6.02. The molecule has 152 valence electrons. The molecule has 0 spiro atoms. The number of carbonyl (C=O) groups excluding carboxylic acids is 1. The lowest BCUT2D eigenvalue weighted by Gasteiger charge is -2.30. The van der Waals surface area contributed by atoms with Crippen molar-refractivity contribution in [2.75, 3.05) is 32.1 Å². The van der Waals surface area contributed by atoms with Gasteiger partial charge in [-0.1, -0.05) is 23.7 Å². The van der Waals surface area contributed by atoms with E-state index in [0.717, 1.165) is 49.5 Å². The van der Waals surface area contributed by atoms with Crippen molar-refractivity contribution in [1.82, 2.24) is 9.88 Å². The predicted molar refractivity (Wildman–Crippen MR) is 114 cm³/mol. The topological polar surface area (TPSA) is 67.6 Å². The Hall–Kier alpha value is -2.57. The maximum Gasteiger partial charge on any atom is 0.225 e. The second kappa shape index (κ2) is 8.84. The van der Waals surface area contributed by atoms with Gasteiger partial charge in [-0.25, -0.2) is 4.98 Å². The van der Waals surface area contributed by atoms with Crippen LogP contribution in [0.5, 0.6) is 5.75 Å². The number of nitrogens with one attached hydrogen (secondary N) is 1. The smallest absolute Gasteiger partial charge is 0.225 e. The number of hydrogen-bond acceptors (Lipinski definition) is 5. The summed E-state index contributed by atoms with van der Waals surface area (Å²) in [7, 11) is 1.57. The second-order valence-electron chi connectivity index (χ2n) is 7.28. The van der Waals surface area contributed by atoms with Gasteiger partial charge < -0.3 is 19.4 Å². The van der Waals surface area contributed by atoms with Crippen molar-refractivity contribution < 1.29 is 13.9 Å². The molecule has 0 unspecified atom stereocenters. The number of benzene rings is 2. The highest BCUT2D eigenvalue weighted by Gasteiger charge is 2.25. The molecule has 29 heavy (non-hydrogen) atoms. The summed E-state index contributed by atoms with van der Waals surface area (Å²) in [6, 6.07) is 13.0. The van der Waals surface area contributed by atoms with E-state index in [1.54, 1.807) is 25.3 Å². The molecule has 6 nitrogen and oxygen atoms in total. The lowest BCUT2D eigenvalue weighted by atomic mass is 9.96. The average Bonchev–Trinajstić information content (AvgIpc) is 3.17. The van der Waals surface area contributed by atoms with Crippen LogP contribution in [-0.2, 0) is 4.79 Å². The Morgan fingerprint density at radius 3 is 2.83 bits per heavy atom. The van der Waals surface area contributed by atoms with Crippen molar-refractivity contribution in [2.24, 2.45) is 0 Å². The Kier molecular flexibility index (Phi) is 6.02. The minimum absolute atomic E-state index is 0.0494. The van der Waals surface area contributed by atoms with E-state index < -0.39 is 0 Å². The van der Waals surface area contributed by atoms with Crippen LogP contribution in [0.3, 0.4) is 0 Å². The van der Waals surface area contributed by atoms with E-state index in [0.29, 0.717) is 28.8 Å². The Bertz CT molecular complexity index is 963. The van der Waals surface area contributed by atoms with Gasteiger partial charge in [0.25, 0.3) is 0 Å². The minimum atomic E-state index is -0.0494. The normalized spacial score (nSPS) is 15.5. The number of carbonyl (C=O) groups is 1. The molecule has 2 aromatic carbocycles. The van der Waals surface area contributed by atoms with Crippen LogP contribution in [0, 0.1) is 0 Å². The zero-order valence-electron chi connectivity index (χ0n) is 16.4. The van der Waals surface area contributed by atoms with Crippen LogP contribution in [-0.4, -0.2) is 42.5 Å². The van der Waals surface area contributed by atoms with Crippen molar-refractivity contribution in [3.05, 3.63) is 53.4 Å². The first-order chi connectivity index (χ1) is 14.1. The molecule has 0 saturated carbocycles. The van der Waals surface area contributed by atoms with Crippen LogP contribution in [0.15, 0.2) is 46.9 Å². The van der Waals surface area contributed by atoms with E-state index in [1.165, 1.54) is 0 Å². The summed E-state index contributed by atoms with van der Waals surface area (Å²) in [6.45, 7) is 2.57. The van der Waals surface area contributed by atoms with Gasteiger partial charge in [-0.15, -0.1) is 0 Å². The Balaban J connectivity index is 1.26. The molecular weight excluding hydrogens is 390 g/mol. The number of aromatic nitrogens is 1. The molecule has 3 aromatic rings. The number of ether oxygens (including phenoxy) is 1. The molecule has 1 aromatic heterocycles. The van der Waals surface area contributed by atoms with Gasteiger partial charge in [-0.05, 0) is 56.3 Å². The van der Waals surface area contributed by atoms with E-state index in [4.69, 9.17) is 20.8 Å². The van der Waals surface area contributed by atoms with Gasteiger partial charge in [-0.3, -0.25) is 4.79 Å². The van der Waals surface area contributed by atoms with Gasteiger partial charge in [0, 0.05) is 23.9 Å². The van der Waals surface area contributed by atoms with E-state index >= 15 is 0 Å². The number of hydrogen-bond donors (Lipinski definition) is 1. The average molecular weight is 414 g/mol. The molecule has 0 atom stereocenters. The van der Waals surface area contributed by atoms with Crippen LogP contribution in [0.4, 0.5) is 5.69 Å². The number of methoxy groups -OCH3 is 1. The third kappa shape index (κ3) is 4.71. The van der Waals surface area contributed by atoms with Crippen LogP contribution < -0.4 is 10.1 Å². The number of fused-ring (bicyclic) bond motifs is 1. The quantitative estimate of drug-likeness (QED) is 0.634. The molecule has 1 N–H and O–H groups in total. The standard InChI is InChI=1S/C22H24ClN3O3/c1-28-19-7-6-16(23)14-18(19)24-21(27)10-13-26-11-8-15(9-12-26)22-25-17-4-2-3-5-20(17)29-22/h2-7,14-15H,8-13H2,1H3,(H,24,27). The first-order valence-corrected chi connectivity index (χ1v) is 10.2. The number of anilines is 1. The van der Waals surface area contributed by atoms with Gasteiger partial charge in [0.1, 0.15) is 11.3 Å². The lowest BCUT2D eigenvalue weighted by molar-refractivity contribution is -0.116. The number of piperidine rings is 1. The monoisotopic (exact) mass is 413 g/mol. The highest BCUT2D eigenvalue weighted by molar-refractivity contribution is 6.31. The molecule has 0 aliphatic carbocycles. The zero-order valence-corrected chi connectivity index (χ0v) is 17.1. The second-order valence-corrected chi connectivity index (χ2v) is 7.71. The predicted octanol–water partition coefficient (Wildman–Crippen LogP) is 4.70. The molecule has 1 aliphatic rings. The summed E-state index contributed by atoms with van der Waals surface area (Å²) < 4.78 is 11.2. The van der Waals surface area contributed by atoms with Gasteiger partial charge in [0.15, 0.2) is 11.5 Å². The SMILES string of the molecule is COc1ccc(Cl)cc1NC(=O)CCN1CCC(c2nc3ccccc3o2)CC1. The van der Waals surface area contributed by atoms with Gasteiger partial charge in [0.2, 0.25) is 5.91 Å². The third-order valence-corrected chi connectivity index (χ3v) is 5.57. The van der Waals surface area contributed by atoms with Crippen molar-refractivity contribution in [2.45, 2.75) is 25.2 Å². The number of nitrogens with zero attached hydrogens (tertiary/aromatic N) is 2. The molecule has 1 fully saturated rings. The van der Waals surface area contributed by atoms with Gasteiger partial charge in [-0.2, -0.15) is 0 Å². The number of halogens is 1. The largest absolute Gasteiger partial charge is 0.495 e. The molecule has 0 radical (unpaired) electrons. The number of oxazole rings is 1. The fourth-order valence-electron chi connectivity index (χ4n) is 3.72. The van der Waals surface area contributed by atoms with E-state index in [9.17, 15) is 4.79 Å². The summed E-state index contributed by atoms with van der Waals surface area (Å²) in [5.74, 6) is 1.72. The summed E-state index contributed by atoms with van der Waals surface area (Å²) in [4.78, 5) is 19.3. The van der Waals surface area contributed by atoms with E-state index in [-0.39, 0.29) is 5.91 Å². The lowest BCUT2D eigenvalue weighted by Crippen LogP contribution is -2.35. The van der Waals surface area contributed by atoms with E-state index in [1.807, 2.05) is 24.3 Å². The number of para-hydroxylation sites is 2. The molecule has 1 aliphatic heterocycles. The van der Waals surface area contributed by atoms with Crippen LogP contribution in [0.1, 0.15) is 31.1 Å². The Morgan fingerprint density at radius 1 is 1.28 bits per heavy atom. The molecule has 7 heteroatoms. The fourth-order valence-corrected chi connectivity index (χ4v) is 3.89. The maximum absolute atomic E-state index is 12.4. The highest BCUT2D eigenvalue weighted by Crippen LogP contribution is 2.30. The molecule has 1 amide bonds. The zero-order chi connectivity index (χ0) is 20.2. The van der Waals surface area contributed by atoms with Gasteiger partial charge in [0.05, 0.1) is 12.8 Å².